The van der Waals surface area contributed by atoms with Crippen LogP contribution < -0.4 is 14.7 Å². The summed E-state index contributed by atoms with van der Waals surface area (Å²) in [5.41, 5.74) is -1.09. The molecule has 2 amide bonds. The van der Waals surface area contributed by atoms with Crippen LogP contribution in [0.1, 0.15) is 71.1 Å². The highest BCUT2D eigenvalue weighted by Crippen LogP contribution is 2.42. The van der Waals surface area contributed by atoms with Gasteiger partial charge in [0.25, 0.3) is 0 Å². The molecule has 0 N–H and O–H groups in total. The van der Waals surface area contributed by atoms with Crippen molar-refractivity contribution in [3.8, 4) is 0 Å². The fraction of sp³-hybridized carbons (Fsp3) is 0.800. The van der Waals surface area contributed by atoms with Crippen LogP contribution >= 0.6 is 0 Å². The average Bonchev–Trinajstić information content (AvgIpc) is 3.87. The molecule has 4 aliphatic heterocycles. The molecule has 1 aromatic rings. The van der Waals surface area contributed by atoms with Gasteiger partial charge in [-0.2, -0.15) is 15.0 Å². The third kappa shape index (κ3) is 6.17. The first-order chi connectivity index (χ1) is 21.0. The number of carbonyl (C=O) groups is 3. The van der Waals surface area contributed by atoms with Gasteiger partial charge in [0.15, 0.2) is 0 Å². The van der Waals surface area contributed by atoms with Crippen LogP contribution in [-0.4, -0.2) is 121 Å². The van der Waals surface area contributed by atoms with Gasteiger partial charge in [0.2, 0.25) is 23.8 Å². The maximum atomic E-state index is 13.7. The topological polar surface area (TPSA) is 125 Å². The molecule has 0 bridgehead atoms. The number of piperazine rings is 1. The Morgan fingerprint density at radius 1 is 0.698 bits per heavy atom. The van der Waals surface area contributed by atoms with E-state index in [1.54, 1.807) is 16.7 Å². The number of esters is 1. The molecule has 1 atom stereocenters. The number of amides is 2. The lowest BCUT2D eigenvalue weighted by Gasteiger charge is -2.36. The summed E-state index contributed by atoms with van der Waals surface area (Å²) in [7, 11) is 0. The monoisotopic (exact) mass is 598 g/mol. The largest absolute Gasteiger partial charge is 0.465 e. The third-order valence-corrected chi connectivity index (χ3v) is 9.77. The molecule has 5 heterocycles. The van der Waals surface area contributed by atoms with Gasteiger partial charge in [-0.1, -0.05) is 12.8 Å². The number of ether oxygens (including phenoxy) is 2. The van der Waals surface area contributed by atoms with E-state index in [2.05, 4.69) is 14.7 Å². The Labute approximate surface area is 253 Å². The van der Waals surface area contributed by atoms with Crippen molar-refractivity contribution < 1.29 is 23.9 Å². The average molecular weight is 599 g/mol. The summed E-state index contributed by atoms with van der Waals surface area (Å²) in [5, 5.41) is 0. The Morgan fingerprint density at radius 3 is 1.77 bits per heavy atom. The molecular weight excluding hydrogens is 552 g/mol. The van der Waals surface area contributed by atoms with E-state index in [-0.39, 0.29) is 31.3 Å². The Bertz CT molecular complexity index is 1120. The van der Waals surface area contributed by atoms with Crippen molar-refractivity contribution in [3.63, 3.8) is 0 Å². The lowest BCUT2D eigenvalue weighted by atomic mass is 9.84. The summed E-state index contributed by atoms with van der Waals surface area (Å²) in [6.45, 7) is 8.83. The van der Waals surface area contributed by atoms with Crippen LogP contribution in [0.3, 0.4) is 0 Å². The zero-order valence-electron chi connectivity index (χ0n) is 25.5. The lowest BCUT2D eigenvalue weighted by molar-refractivity contribution is -0.165. The molecule has 1 aromatic heterocycles. The fourth-order valence-corrected chi connectivity index (χ4v) is 7.25. The summed E-state index contributed by atoms with van der Waals surface area (Å²) in [4.78, 5) is 64.3. The number of carbonyl (C=O) groups excluding carboxylic acids is 3. The van der Waals surface area contributed by atoms with Crippen molar-refractivity contribution in [1.29, 1.82) is 0 Å². The molecule has 236 valence electrons. The van der Waals surface area contributed by atoms with Gasteiger partial charge < -0.3 is 34.0 Å². The molecule has 6 rings (SSSR count). The highest BCUT2D eigenvalue weighted by molar-refractivity contribution is 6.03. The van der Waals surface area contributed by atoms with E-state index in [4.69, 9.17) is 24.4 Å². The molecule has 5 aliphatic rings. The minimum absolute atomic E-state index is 0.134. The van der Waals surface area contributed by atoms with E-state index in [9.17, 15) is 14.4 Å². The predicted octanol–water partition coefficient (Wildman–Crippen LogP) is 2.45. The molecule has 13 nitrogen and oxygen atoms in total. The summed E-state index contributed by atoms with van der Waals surface area (Å²) in [6.07, 6.45) is 8.56. The number of likely N-dealkylation sites (tertiary alicyclic amines) is 1. The lowest BCUT2D eigenvalue weighted by Crippen LogP contribution is -2.52. The van der Waals surface area contributed by atoms with Crippen LogP contribution in [0.15, 0.2) is 0 Å². The first-order valence-electron chi connectivity index (χ1n) is 16.4. The number of aromatic nitrogens is 3. The summed E-state index contributed by atoms with van der Waals surface area (Å²) in [6, 6.07) is -0.220. The van der Waals surface area contributed by atoms with Gasteiger partial charge in [-0.3, -0.25) is 9.59 Å². The number of hydrogen-bond donors (Lipinski definition) is 0. The molecule has 1 saturated carbocycles. The van der Waals surface area contributed by atoms with E-state index < -0.39 is 11.4 Å². The van der Waals surface area contributed by atoms with Gasteiger partial charge in [0, 0.05) is 58.9 Å². The molecule has 0 radical (unpaired) electrons. The van der Waals surface area contributed by atoms with Crippen LogP contribution in [0.5, 0.6) is 0 Å². The SMILES string of the molecule is CCOC(=O)C1(C(=O)N2CCCC2COC(=O)N2CCN(c3nc(N4CCCC4)nc(N4CCCC4)n3)CC2)CCCC1. The van der Waals surface area contributed by atoms with Crippen LogP contribution in [-0.2, 0) is 19.1 Å². The second-order valence-electron chi connectivity index (χ2n) is 12.5. The zero-order chi connectivity index (χ0) is 29.8. The van der Waals surface area contributed by atoms with E-state index in [1.807, 2.05) is 0 Å². The van der Waals surface area contributed by atoms with Crippen molar-refractivity contribution in [3.05, 3.63) is 0 Å². The zero-order valence-corrected chi connectivity index (χ0v) is 25.5. The van der Waals surface area contributed by atoms with Gasteiger partial charge in [-0.25, -0.2) is 4.79 Å². The van der Waals surface area contributed by atoms with E-state index in [0.717, 1.165) is 89.4 Å². The molecule has 13 heteroatoms. The number of hydrogen-bond acceptors (Lipinski definition) is 11. The maximum absolute atomic E-state index is 13.7. The van der Waals surface area contributed by atoms with Gasteiger partial charge in [0.05, 0.1) is 12.6 Å². The Balaban J connectivity index is 1.04. The van der Waals surface area contributed by atoms with Crippen LogP contribution in [0, 0.1) is 5.41 Å². The minimum atomic E-state index is -1.09. The molecule has 5 fully saturated rings. The smallest absolute Gasteiger partial charge is 0.409 e. The molecular formula is C30H46N8O5. The summed E-state index contributed by atoms with van der Waals surface area (Å²) in [5.74, 6) is 1.62. The van der Waals surface area contributed by atoms with Crippen LogP contribution in [0.4, 0.5) is 22.6 Å². The predicted molar refractivity (Wildman–Crippen MR) is 160 cm³/mol. The van der Waals surface area contributed by atoms with Crippen molar-refractivity contribution >= 4 is 35.8 Å². The summed E-state index contributed by atoms with van der Waals surface area (Å²) >= 11 is 0. The molecule has 1 unspecified atom stereocenters. The van der Waals surface area contributed by atoms with E-state index in [0.29, 0.717) is 51.5 Å². The second kappa shape index (κ2) is 13.1. The van der Waals surface area contributed by atoms with Gasteiger partial charge in [-0.15, -0.1) is 0 Å². The molecule has 4 saturated heterocycles. The van der Waals surface area contributed by atoms with E-state index >= 15 is 0 Å². The highest BCUT2D eigenvalue weighted by atomic mass is 16.6. The van der Waals surface area contributed by atoms with Crippen LogP contribution in [0.25, 0.3) is 0 Å². The minimum Gasteiger partial charge on any atom is -0.465 e. The molecule has 0 aromatic carbocycles. The molecule has 1 aliphatic carbocycles. The normalized spacial score (nSPS) is 23.7. The van der Waals surface area contributed by atoms with Crippen molar-refractivity contribution in [2.75, 3.05) is 86.8 Å². The van der Waals surface area contributed by atoms with E-state index in [1.165, 1.54) is 0 Å². The van der Waals surface area contributed by atoms with Gasteiger partial charge in [-0.05, 0) is 58.3 Å². The Hall–Kier alpha value is -3.38. The fourth-order valence-electron chi connectivity index (χ4n) is 7.25. The summed E-state index contributed by atoms with van der Waals surface area (Å²) < 4.78 is 11.1. The highest BCUT2D eigenvalue weighted by Gasteiger charge is 2.52. The molecule has 43 heavy (non-hydrogen) atoms. The quantitative estimate of drug-likeness (QED) is 0.324. The third-order valence-electron chi connectivity index (χ3n) is 9.77. The van der Waals surface area contributed by atoms with Gasteiger partial charge in [0.1, 0.15) is 12.0 Å². The van der Waals surface area contributed by atoms with Gasteiger partial charge >= 0.3 is 12.1 Å². The molecule has 0 spiro atoms. The van der Waals surface area contributed by atoms with Crippen molar-refractivity contribution in [2.24, 2.45) is 5.41 Å². The first-order valence-corrected chi connectivity index (χ1v) is 16.4. The van der Waals surface area contributed by atoms with Crippen LogP contribution in [0.2, 0.25) is 0 Å². The Morgan fingerprint density at radius 2 is 1.23 bits per heavy atom. The standard InChI is InChI=1S/C30H46N8O5/c1-2-42-25(40)30(11-3-4-12-30)24(39)38-17-9-10-23(38)22-43-29(41)37-20-18-36(19-21-37)28-32-26(34-13-5-6-14-34)31-27(33-28)35-15-7-8-16-35/h23H,2-22H2,1H3. The number of rotatable bonds is 8. The second-order valence-corrected chi connectivity index (χ2v) is 12.5. The first kappa shape index (κ1) is 29.7. The van der Waals surface area contributed by atoms with Crippen molar-refractivity contribution in [1.82, 2.24) is 24.8 Å². The van der Waals surface area contributed by atoms with Crippen molar-refractivity contribution in [2.45, 2.75) is 77.2 Å². The number of nitrogens with zero attached hydrogens (tertiary/aromatic N) is 8. The number of anilines is 3. The maximum Gasteiger partial charge on any atom is 0.409 e. The Kier molecular flexibility index (Phi) is 9.03.